The van der Waals surface area contributed by atoms with Gasteiger partial charge in [-0.25, -0.2) is 0 Å². The summed E-state index contributed by atoms with van der Waals surface area (Å²) in [5.74, 6) is 0.792. The summed E-state index contributed by atoms with van der Waals surface area (Å²) in [6, 6.07) is 15.1. The van der Waals surface area contributed by atoms with Crippen molar-refractivity contribution >= 4 is 5.69 Å². The van der Waals surface area contributed by atoms with E-state index >= 15 is 0 Å². The number of ether oxygens (including phenoxy) is 1. The molecule has 0 saturated heterocycles. The highest BCUT2D eigenvalue weighted by Gasteiger charge is 2.11. The van der Waals surface area contributed by atoms with Crippen LogP contribution >= 0.6 is 0 Å². The topological polar surface area (TPSA) is 55.5 Å². The minimum Gasteiger partial charge on any atom is -0.497 e. The van der Waals surface area contributed by atoms with Crippen molar-refractivity contribution in [2.75, 3.05) is 12.8 Å². The molecule has 1 atom stereocenters. The quantitative estimate of drug-likeness (QED) is 0.811. The molecule has 0 saturated carbocycles. The van der Waals surface area contributed by atoms with Crippen molar-refractivity contribution in [3.63, 3.8) is 0 Å². The number of nitrogen functional groups attached to an aromatic ring is 1. The van der Waals surface area contributed by atoms with E-state index in [0.717, 1.165) is 16.9 Å². The Labute approximate surface area is 107 Å². The van der Waals surface area contributed by atoms with Gasteiger partial charge in [0.2, 0.25) is 0 Å². The number of aliphatic hydroxyl groups is 1. The monoisotopic (exact) mass is 243 g/mol. The minimum absolute atomic E-state index is 0.519. The molecule has 94 valence electrons. The molecule has 0 fully saturated rings. The van der Waals surface area contributed by atoms with Gasteiger partial charge in [0.15, 0.2) is 0 Å². The number of benzene rings is 2. The molecule has 3 nitrogen and oxygen atoms in total. The number of aliphatic hydroxyl groups excluding tert-OH is 1. The lowest BCUT2D eigenvalue weighted by Gasteiger charge is -2.13. The highest BCUT2D eigenvalue weighted by Crippen LogP contribution is 2.24. The summed E-state index contributed by atoms with van der Waals surface area (Å²) in [4.78, 5) is 0. The van der Waals surface area contributed by atoms with Crippen LogP contribution in [-0.2, 0) is 6.42 Å². The Hall–Kier alpha value is -2.00. The van der Waals surface area contributed by atoms with Gasteiger partial charge in [-0.05, 0) is 23.8 Å². The van der Waals surface area contributed by atoms with Crippen molar-refractivity contribution in [1.82, 2.24) is 0 Å². The normalized spacial score (nSPS) is 12.1. The molecule has 0 heterocycles. The molecule has 2 aromatic rings. The molecule has 0 spiro atoms. The molecule has 18 heavy (non-hydrogen) atoms. The number of para-hydroxylation sites is 1. The Bertz CT molecular complexity index is 525. The fourth-order valence-electron chi connectivity index (χ4n) is 1.95. The second kappa shape index (κ2) is 5.56. The zero-order chi connectivity index (χ0) is 13.0. The Morgan fingerprint density at radius 1 is 1.17 bits per heavy atom. The molecule has 1 unspecified atom stereocenters. The van der Waals surface area contributed by atoms with Gasteiger partial charge in [-0.3, -0.25) is 0 Å². The molecule has 2 rings (SSSR count). The molecule has 0 aliphatic carbocycles. The molecule has 2 aromatic carbocycles. The Morgan fingerprint density at radius 3 is 2.67 bits per heavy atom. The molecule has 0 aromatic heterocycles. The molecule has 3 N–H and O–H groups in total. The molecule has 0 amide bonds. The maximum absolute atomic E-state index is 10.2. The van der Waals surface area contributed by atoms with E-state index in [4.69, 9.17) is 10.5 Å². The van der Waals surface area contributed by atoms with Gasteiger partial charge in [0, 0.05) is 17.7 Å². The number of methoxy groups -OCH3 is 1. The summed E-state index contributed by atoms with van der Waals surface area (Å²) in [7, 11) is 1.63. The maximum Gasteiger partial charge on any atom is 0.119 e. The average Bonchev–Trinajstić information content (AvgIpc) is 2.39. The standard InChI is InChI=1S/C15H17NO2/c1-18-12-6-4-5-11(9-12)10-15(17)13-7-2-3-8-14(13)16/h2-9,15,17H,10,16H2,1H3. The van der Waals surface area contributed by atoms with Gasteiger partial charge in [-0.2, -0.15) is 0 Å². The third-order valence-electron chi connectivity index (χ3n) is 2.92. The highest BCUT2D eigenvalue weighted by molar-refractivity contribution is 5.48. The summed E-state index contributed by atoms with van der Waals surface area (Å²) < 4.78 is 5.16. The van der Waals surface area contributed by atoms with Crippen LogP contribution in [0.1, 0.15) is 17.2 Å². The van der Waals surface area contributed by atoms with E-state index < -0.39 is 6.10 Å². The Balaban J connectivity index is 2.16. The fourth-order valence-corrected chi connectivity index (χ4v) is 1.95. The second-order valence-corrected chi connectivity index (χ2v) is 4.20. The van der Waals surface area contributed by atoms with Crippen molar-refractivity contribution in [3.8, 4) is 5.75 Å². The first-order chi connectivity index (χ1) is 8.70. The smallest absolute Gasteiger partial charge is 0.119 e. The first-order valence-electron chi connectivity index (χ1n) is 5.86. The molecular formula is C15H17NO2. The predicted octanol–water partition coefficient (Wildman–Crippen LogP) is 2.55. The summed E-state index contributed by atoms with van der Waals surface area (Å²) in [5, 5.41) is 10.2. The fraction of sp³-hybridized carbons (Fsp3) is 0.200. The van der Waals surface area contributed by atoms with Gasteiger partial charge in [-0.15, -0.1) is 0 Å². The third-order valence-corrected chi connectivity index (χ3v) is 2.92. The minimum atomic E-state index is -0.599. The van der Waals surface area contributed by atoms with Crippen LogP contribution in [-0.4, -0.2) is 12.2 Å². The summed E-state index contributed by atoms with van der Waals surface area (Å²) in [6.07, 6.45) is -0.0795. The average molecular weight is 243 g/mol. The maximum atomic E-state index is 10.2. The third kappa shape index (κ3) is 2.81. The predicted molar refractivity (Wildman–Crippen MR) is 72.5 cm³/mol. The van der Waals surface area contributed by atoms with Crippen LogP contribution in [0.4, 0.5) is 5.69 Å². The molecule has 0 aliphatic heterocycles. The highest BCUT2D eigenvalue weighted by atomic mass is 16.5. The largest absolute Gasteiger partial charge is 0.497 e. The number of nitrogens with two attached hydrogens (primary N) is 1. The van der Waals surface area contributed by atoms with Crippen molar-refractivity contribution in [1.29, 1.82) is 0 Å². The van der Waals surface area contributed by atoms with Crippen LogP contribution in [0, 0.1) is 0 Å². The van der Waals surface area contributed by atoms with Gasteiger partial charge in [0.25, 0.3) is 0 Å². The molecule has 0 bridgehead atoms. The van der Waals surface area contributed by atoms with E-state index in [1.807, 2.05) is 42.5 Å². The SMILES string of the molecule is COc1cccc(CC(O)c2ccccc2N)c1. The number of rotatable bonds is 4. The van der Waals surface area contributed by atoms with Crippen LogP contribution in [0.3, 0.4) is 0 Å². The van der Waals surface area contributed by atoms with Crippen LogP contribution < -0.4 is 10.5 Å². The summed E-state index contributed by atoms with van der Waals surface area (Å²) in [6.45, 7) is 0. The van der Waals surface area contributed by atoms with Crippen molar-refractivity contribution < 1.29 is 9.84 Å². The van der Waals surface area contributed by atoms with E-state index in [9.17, 15) is 5.11 Å². The van der Waals surface area contributed by atoms with Crippen molar-refractivity contribution in [2.24, 2.45) is 0 Å². The second-order valence-electron chi connectivity index (χ2n) is 4.20. The van der Waals surface area contributed by atoms with Crippen LogP contribution in [0.2, 0.25) is 0 Å². The van der Waals surface area contributed by atoms with Gasteiger partial charge in [0.1, 0.15) is 5.75 Å². The summed E-state index contributed by atoms with van der Waals surface area (Å²) in [5.41, 5.74) is 8.25. The van der Waals surface area contributed by atoms with Crippen LogP contribution in [0.25, 0.3) is 0 Å². The lowest BCUT2D eigenvalue weighted by molar-refractivity contribution is 0.179. The van der Waals surface area contributed by atoms with Crippen molar-refractivity contribution in [3.05, 3.63) is 59.7 Å². The van der Waals surface area contributed by atoms with E-state index in [0.29, 0.717) is 12.1 Å². The molecule has 0 aliphatic rings. The zero-order valence-electron chi connectivity index (χ0n) is 10.3. The molecule has 3 heteroatoms. The molecular weight excluding hydrogens is 226 g/mol. The van der Waals surface area contributed by atoms with Crippen LogP contribution in [0.15, 0.2) is 48.5 Å². The van der Waals surface area contributed by atoms with Crippen LogP contribution in [0.5, 0.6) is 5.75 Å². The van der Waals surface area contributed by atoms with Gasteiger partial charge in [0.05, 0.1) is 13.2 Å². The van der Waals surface area contributed by atoms with E-state index in [1.165, 1.54) is 0 Å². The van der Waals surface area contributed by atoms with E-state index in [1.54, 1.807) is 13.2 Å². The van der Waals surface area contributed by atoms with Gasteiger partial charge < -0.3 is 15.6 Å². The first-order valence-corrected chi connectivity index (χ1v) is 5.86. The van der Waals surface area contributed by atoms with Gasteiger partial charge in [-0.1, -0.05) is 30.3 Å². The molecule has 0 radical (unpaired) electrons. The lowest BCUT2D eigenvalue weighted by atomic mass is 10.00. The first kappa shape index (κ1) is 12.5. The Morgan fingerprint density at radius 2 is 1.94 bits per heavy atom. The number of hydrogen-bond acceptors (Lipinski definition) is 3. The van der Waals surface area contributed by atoms with E-state index in [-0.39, 0.29) is 0 Å². The number of hydrogen-bond donors (Lipinski definition) is 2. The Kier molecular flexibility index (Phi) is 3.85. The number of anilines is 1. The lowest BCUT2D eigenvalue weighted by Crippen LogP contribution is -2.05. The van der Waals surface area contributed by atoms with E-state index in [2.05, 4.69) is 0 Å². The van der Waals surface area contributed by atoms with Crippen molar-refractivity contribution in [2.45, 2.75) is 12.5 Å². The summed E-state index contributed by atoms with van der Waals surface area (Å²) >= 11 is 0. The zero-order valence-corrected chi connectivity index (χ0v) is 10.3. The van der Waals surface area contributed by atoms with Gasteiger partial charge >= 0.3 is 0 Å².